The molecule has 10 heteroatoms. The number of aliphatic hydroxyl groups is 1. The zero-order chi connectivity index (χ0) is 12.6. The first kappa shape index (κ1) is 19.9. The Labute approximate surface area is 90.7 Å². The molecule has 0 amide bonds. The van der Waals surface area contributed by atoms with Gasteiger partial charge in [0.15, 0.2) is 5.25 Å². The lowest BCUT2D eigenvalue weighted by molar-refractivity contribution is -0.143. The second-order valence-electron chi connectivity index (χ2n) is 2.12. The number of carboxylic acids is 2. The summed E-state index contributed by atoms with van der Waals surface area (Å²) in [5.41, 5.74) is 0. The Morgan fingerprint density at radius 1 is 1.31 bits per heavy atom. The van der Waals surface area contributed by atoms with Crippen molar-refractivity contribution in [3.8, 4) is 0 Å². The van der Waals surface area contributed by atoms with E-state index in [9.17, 15) is 18.0 Å². The number of aliphatic hydroxyl groups excluding tert-OH is 1. The Bertz CT molecular complexity index is 330. The highest BCUT2D eigenvalue weighted by Crippen LogP contribution is 2.04. The highest BCUT2D eigenvalue weighted by molar-refractivity contribution is 7.87. The summed E-state index contributed by atoms with van der Waals surface area (Å²) in [5, 5.41) is 21.2. The molecule has 0 spiro atoms. The van der Waals surface area contributed by atoms with E-state index >= 15 is 0 Å². The minimum atomic E-state index is -4.84. The average molecular weight is 260 g/mol. The fraction of sp³-hybridized carbons (Fsp3) is 0.333. The second-order valence-corrected chi connectivity index (χ2v) is 3.72. The van der Waals surface area contributed by atoms with Crippen LogP contribution in [0.3, 0.4) is 0 Å². The zero-order valence-electron chi connectivity index (χ0n) is 7.90. The van der Waals surface area contributed by atoms with E-state index in [1.807, 2.05) is 0 Å². The van der Waals surface area contributed by atoms with Gasteiger partial charge in [-0.3, -0.25) is 14.1 Å². The fourth-order valence-electron chi connectivity index (χ4n) is 0.479. The lowest BCUT2D eigenvalue weighted by Gasteiger charge is -2.04. The topological polar surface area (TPSA) is 181 Å². The van der Waals surface area contributed by atoms with Gasteiger partial charge in [-0.15, -0.1) is 0 Å². The maximum atomic E-state index is 10.2. The van der Waals surface area contributed by atoms with Gasteiger partial charge in [0.2, 0.25) is 0 Å². The number of hydrogen-bond acceptors (Lipinski definition) is 5. The van der Waals surface area contributed by atoms with E-state index in [0.717, 1.165) is 6.26 Å². The highest BCUT2D eigenvalue weighted by Gasteiger charge is 2.33. The van der Waals surface area contributed by atoms with Crippen LogP contribution in [0.1, 0.15) is 6.42 Å². The summed E-state index contributed by atoms with van der Waals surface area (Å²) < 4.78 is 28.7. The molecule has 96 valence electrons. The largest absolute Gasteiger partial charge is 0.516 e. The van der Waals surface area contributed by atoms with E-state index in [1.54, 1.807) is 0 Å². The summed E-state index contributed by atoms with van der Waals surface area (Å²) >= 11 is 0. The minimum Gasteiger partial charge on any atom is -0.516 e. The van der Waals surface area contributed by atoms with Crippen molar-refractivity contribution in [1.29, 1.82) is 0 Å². The Kier molecular flexibility index (Phi) is 10.7. The summed E-state index contributed by atoms with van der Waals surface area (Å²) in [7, 11) is -4.84. The average Bonchev–Trinajstić information content (AvgIpc) is 1.98. The van der Waals surface area contributed by atoms with E-state index in [-0.39, 0.29) is 5.48 Å². The molecule has 0 radical (unpaired) electrons. The maximum absolute atomic E-state index is 10.2. The van der Waals surface area contributed by atoms with Crippen LogP contribution in [0, 0.1) is 0 Å². The molecule has 0 aliphatic carbocycles. The lowest BCUT2D eigenvalue weighted by Crippen LogP contribution is -2.31. The number of aliphatic carboxylic acids is 2. The molecule has 0 aromatic carbocycles. The standard InChI is InChI=1S/C4H6O7S.C2H4O.H2O/c5-3(6)1-2(4(7)8)12(9,10)11;1-2-3;/h2H,1H2,(H,5,6)(H,7,8)(H,9,10,11);2-3H,1H2;1H2. The van der Waals surface area contributed by atoms with Crippen molar-refractivity contribution in [1.82, 2.24) is 0 Å². The van der Waals surface area contributed by atoms with E-state index in [0.29, 0.717) is 0 Å². The second kappa shape index (κ2) is 8.64. The molecule has 1 unspecified atom stereocenters. The van der Waals surface area contributed by atoms with Crippen LogP contribution in [0.5, 0.6) is 0 Å². The molecule has 16 heavy (non-hydrogen) atoms. The number of rotatable bonds is 4. The van der Waals surface area contributed by atoms with Crippen molar-refractivity contribution in [2.75, 3.05) is 0 Å². The normalized spacial score (nSPS) is 11.1. The van der Waals surface area contributed by atoms with Gasteiger partial charge in [-0.1, -0.05) is 6.58 Å². The smallest absolute Gasteiger partial charge is 0.325 e. The molecule has 0 rings (SSSR count). The van der Waals surface area contributed by atoms with E-state index in [4.69, 9.17) is 19.9 Å². The summed E-state index contributed by atoms with van der Waals surface area (Å²) in [6, 6.07) is 0. The van der Waals surface area contributed by atoms with Crippen LogP contribution in [0.2, 0.25) is 0 Å². The quantitative estimate of drug-likeness (QED) is 0.354. The Morgan fingerprint density at radius 3 is 1.69 bits per heavy atom. The first-order chi connectivity index (χ1) is 6.66. The monoisotopic (exact) mass is 260 g/mol. The molecule has 0 aliphatic rings. The Balaban J connectivity index is -0.000000377. The lowest BCUT2D eigenvalue weighted by atomic mass is 10.3. The molecule has 0 heterocycles. The highest BCUT2D eigenvalue weighted by atomic mass is 32.2. The van der Waals surface area contributed by atoms with Crippen molar-refractivity contribution >= 4 is 22.1 Å². The molecular weight excluding hydrogens is 248 g/mol. The Hall–Kier alpha value is -1.65. The van der Waals surface area contributed by atoms with Crippen LogP contribution in [-0.4, -0.2) is 51.0 Å². The predicted molar refractivity (Wildman–Crippen MR) is 51.7 cm³/mol. The molecule has 0 saturated carbocycles. The predicted octanol–water partition coefficient (Wildman–Crippen LogP) is -1.33. The summed E-state index contributed by atoms with van der Waals surface area (Å²) in [6.45, 7) is 2.92. The van der Waals surface area contributed by atoms with E-state index in [1.165, 1.54) is 0 Å². The SMILES string of the molecule is C=CO.O.O=C(O)CC(C(=O)O)S(=O)(=O)O. The minimum absolute atomic E-state index is 0. The van der Waals surface area contributed by atoms with Crippen LogP contribution in [-0.2, 0) is 19.7 Å². The van der Waals surface area contributed by atoms with Crippen molar-refractivity contribution in [3.05, 3.63) is 12.8 Å². The van der Waals surface area contributed by atoms with Gasteiger partial charge in [0.1, 0.15) is 0 Å². The van der Waals surface area contributed by atoms with Gasteiger partial charge >= 0.3 is 11.9 Å². The first-order valence-corrected chi connectivity index (χ1v) is 4.83. The van der Waals surface area contributed by atoms with Gasteiger partial charge in [0, 0.05) is 0 Å². The van der Waals surface area contributed by atoms with Crippen LogP contribution in [0.15, 0.2) is 12.8 Å². The molecule has 0 saturated heterocycles. The van der Waals surface area contributed by atoms with Gasteiger partial charge in [-0.25, -0.2) is 0 Å². The van der Waals surface area contributed by atoms with E-state index < -0.39 is 33.7 Å². The third-order valence-electron chi connectivity index (χ3n) is 0.995. The van der Waals surface area contributed by atoms with Gasteiger partial charge in [-0.2, -0.15) is 8.42 Å². The summed E-state index contributed by atoms with van der Waals surface area (Å²) in [4.78, 5) is 20.0. The molecule has 0 bridgehead atoms. The van der Waals surface area contributed by atoms with E-state index in [2.05, 4.69) is 6.58 Å². The van der Waals surface area contributed by atoms with Gasteiger partial charge in [-0.05, 0) is 0 Å². The fourth-order valence-corrected chi connectivity index (χ4v) is 1.09. The van der Waals surface area contributed by atoms with Crippen molar-refractivity contribution < 1.29 is 43.4 Å². The molecule has 0 aromatic rings. The van der Waals surface area contributed by atoms with Gasteiger partial charge < -0.3 is 20.8 Å². The zero-order valence-corrected chi connectivity index (χ0v) is 8.72. The number of carboxylic acid groups (broad SMARTS) is 2. The van der Waals surface area contributed by atoms with Crippen LogP contribution >= 0.6 is 0 Å². The van der Waals surface area contributed by atoms with Crippen LogP contribution in [0.4, 0.5) is 0 Å². The molecule has 0 fully saturated rings. The van der Waals surface area contributed by atoms with Crippen LogP contribution in [0.25, 0.3) is 0 Å². The van der Waals surface area contributed by atoms with Crippen molar-refractivity contribution in [3.63, 3.8) is 0 Å². The third kappa shape index (κ3) is 10.4. The summed E-state index contributed by atoms with van der Waals surface area (Å²) in [6.07, 6.45) is -0.409. The molecule has 1 atom stereocenters. The number of hydrogen-bond donors (Lipinski definition) is 4. The molecular formula is C6H12O9S. The number of carbonyl (C=O) groups is 2. The first-order valence-electron chi connectivity index (χ1n) is 3.32. The molecule has 0 aliphatic heterocycles. The van der Waals surface area contributed by atoms with Crippen LogP contribution < -0.4 is 0 Å². The summed E-state index contributed by atoms with van der Waals surface area (Å²) in [5.74, 6) is -3.50. The third-order valence-corrected chi connectivity index (χ3v) is 2.08. The molecule has 0 aromatic heterocycles. The van der Waals surface area contributed by atoms with Gasteiger partial charge in [0.05, 0.1) is 12.7 Å². The molecule has 6 N–H and O–H groups in total. The Morgan fingerprint density at radius 2 is 1.62 bits per heavy atom. The van der Waals surface area contributed by atoms with Gasteiger partial charge in [0.25, 0.3) is 10.1 Å². The van der Waals surface area contributed by atoms with Crippen molar-refractivity contribution in [2.45, 2.75) is 11.7 Å². The van der Waals surface area contributed by atoms with Crippen molar-refractivity contribution in [2.24, 2.45) is 0 Å². The maximum Gasteiger partial charge on any atom is 0.325 e. The molecule has 9 nitrogen and oxygen atoms in total.